The summed E-state index contributed by atoms with van der Waals surface area (Å²) in [4.78, 5) is 24.4. The SMILES string of the molecule is COc1cc([C@@H]2c3cc4c(cc3[C@@H](n3cc(CCC(=O)O)nn3)[C@H]3COC(=O)[C@H]23)OCO4)cc(OC)c1OC. The van der Waals surface area contributed by atoms with E-state index in [-0.39, 0.29) is 38.1 Å². The molecule has 0 amide bonds. The van der Waals surface area contributed by atoms with Crippen LogP contribution in [0.25, 0.3) is 0 Å². The van der Waals surface area contributed by atoms with Crippen molar-refractivity contribution in [2.24, 2.45) is 11.8 Å². The normalized spacial score (nSPS) is 22.6. The molecular weight excluding hydrogens is 510 g/mol. The van der Waals surface area contributed by atoms with Crippen LogP contribution in [0.3, 0.4) is 0 Å². The smallest absolute Gasteiger partial charge is 0.310 e. The molecule has 39 heavy (non-hydrogen) atoms. The van der Waals surface area contributed by atoms with Gasteiger partial charge in [0.25, 0.3) is 0 Å². The average Bonchev–Trinajstić information content (AvgIpc) is 3.69. The van der Waals surface area contributed by atoms with Gasteiger partial charge in [0, 0.05) is 24.5 Å². The third-order valence-electron chi connectivity index (χ3n) is 7.63. The van der Waals surface area contributed by atoms with Gasteiger partial charge in [-0.15, -0.1) is 5.10 Å². The molecule has 1 aromatic heterocycles. The van der Waals surface area contributed by atoms with Crippen LogP contribution >= 0.6 is 0 Å². The van der Waals surface area contributed by atoms with Crippen LogP contribution in [0.5, 0.6) is 28.7 Å². The molecule has 1 aliphatic carbocycles. The van der Waals surface area contributed by atoms with Crippen LogP contribution in [-0.2, 0) is 20.7 Å². The van der Waals surface area contributed by atoms with Gasteiger partial charge in [-0.05, 0) is 41.0 Å². The van der Waals surface area contributed by atoms with Crippen LogP contribution in [0.15, 0.2) is 30.5 Å². The molecule has 0 bridgehead atoms. The quantitative estimate of drug-likeness (QED) is 0.424. The lowest BCUT2D eigenvalue weighted by Crippen LogP contribution is -2.37. The Labute approximate surface area is 223 Å². The molecule has 2 aromatic carbocycles. The summed E-state index contributed by atoms with van der Waals surface area (Å²) in [6.07, 6.45) is 1.92. The number of cyclic esters (lactones) is 1. The fraction of sp³-hybridized carbons (Fsp3) is 0.407. The first-order chi connectivity index (χ1) is 18.9. The highest BCUT2D eigenvalue weighted by molar-refractivity contribution is 5.79. The number of fused-ring (bicyclic) bond motifs is 3. The lowest BCUT2D eigenvalue weighted by Gasteiger charge is -2.39. The molecular formula is C27H27N3O9. The summed E-state index contributed by atoms with van der Waals surface area (Å²) < 4.78 is 35.5. The molecule has 6 rings (SSSR count). The van der Waals surface area contributed by atoms with E-state index in [0.717, 1.165) is 16.7 Å². The maximum absolute atomic E-state index is 13.4. The van der Waals surface area contributed by atoms with E-state index in [4.69, 9.17) is 33.5 Å². The molecule has 0 saturated carbocycles. The summed E-state index contributed by atoms with van der Waals surface area (Å²) in [5, 5.41) is 17.6. The highest BCUT2D eigenvalue weighted by atomic mass is 16.7. The maximum Gasteiger partial charge on any atom is 0.310 e. The Morgan fingerprint density at radius 3 is 2.36 bits per heavy atom. The first kappa shape index (κ1) is 24.8. The monoisotopic (exact) mass is 537 g/mol. The largest absolute Gasteiger partial charge is 0.493 e. The summed E-state index contributed by atoms with van der Waals surface area (Å²) in [7, 11) is 4.63. The molecule has 204 valence electrons. The minimum atomic E-state index is -0.914. The zero-order chi connectivity index (χ0) is 27.3. The first-order valence-electron chi connectivity index (χ1n) is 12.5. The summed E-state index contributed by atoms with van der Waals surface area (Å²) in [6.45, 7) is 0.280. The minimum absolute atomic E-state index is 0.0600. The molecule has 0 unspecified atom stereocenters. The van der Waals surface area contributed by atoms with Crippen molar-refractivity contribution in [3.05, 3.63) is 52.8 Å². The fourth-order valence-corrected chi connectivity index (χ4v) is 5.95. The second-order valence-electron chi connectivity index (χ2n) is 9.62. The second kappa shape index (κ2) is 9.68. The van der Waals surface area contributed by atoms with E-state index < -0.39 is 23.8 Å². The molecule has 12 nitrogen and oxygen atoms in total. The van der Waals surface area contributed by atoms with Crippen molar-refractivity contribution in [1.29, 1.82) is 0 Å². The molecule has 3 heterocycles. The van der Waals surface area contributed by atoms with Gasteiger partial charge in [0.15, 0.2) is 23.0 Å². The number of methoxy groups -OCH3 is 3. The van der Waals surface area contributed by atoms with Gasteiger partial charge >= 0.3 is 11.9 Å². The van der Waals surface area contributed by atoms with Gasteiger partial charge in [-0.2, -0.15) is 0 Å². The number of carbonyl (C=O) groups excluding carboxylic acids is 1. The Bertz CT molecular complexity index is 1430. The standard InChI is InChI=1S/C27H27N3O9/c1-34-20-6-13(7-21(35-2)26(20)36-3)23-15-8-18-19(39-12-38-18)9-16(15)25(17-11-37-27(33)24(17)23)30-10-14(28-29-30)4-5-22(31)32/h6-10,17,23-25H,4-5,11-12H2,1-3H3,(H,31,32)/t17-,23+,24-,25+/m0/s1. The summed E-state index contributed by atoms with van der Waals surface area (Å²) in [5.74, 6) is 0.0622. The molecule has 12 heteroatoms. The number of aromatic nitrogens is 3. The van der Waals surface area contributed by atoms with Crippen LogP contribution in [0.4, 0.5) is 0 Å². The van der Waals surface area contributed by atoms with Gasteiger partial charge in [-0.3, -0.25) is 9.59 Å². The lowest BCUT2D eigenvalue weighted by atomic mass is 9.65. The van der Waals surface area contributed by atoms with Crippen molar-refractivity contribution in [3.63, 3.8) is 0 Å². The lowest BCUT2D eigenvalue weighted by molar-refractivity contribution is -0.141. The molecule has 3 aliphatic rings. The van der Waals surface area contributed by atoms with Crippen LogP contribution in [-0.4, -0.2) is 66.8 Å². The Morgan fingerprint density at radius 2 is 1.72 bits per heavy atom. The van der Waals surface area contributed by atoms with E-state index in [2.05, 4.69) is 10.3 Å². The number of nitrogens with zero attached hydrogens (tertiary/aromatic N) is 3. The van der Waals surface area contributed by atoms with Crippen molar-refractivity contribution in [3.8, 4) is 28.7 Å². The van der Waals surface area contributed by atoms with Gasteiger partial charge in [-0.25, -0.2) is 4.68 Å². The van der Waals surface area contributed by atoms with E-state index in [1.54, 1.807) is 25.1 Å². The predicted octanol–water partition coefficient (Wildman–Crippen LogP) is 2.57. The Morgan fingerprint density at radius 1 is 1.03 bits per heavy atom. The zero-order valence-corrected chi connectivity index (χ0v) is 21.6. The Hall–Kier alpha value is -4.48. The van der Waals surface area contributed by atoms with Crippen molar-refractivity contribution < 1.29 is 43.1 Å². The maximum atomic E-state index is 13.4. The molecule has 2 aliphatic heterocycles. The number of carbonyl (C=O) groups is 2. The number of carboxylic acid groups (broad SMARTS) is 1. The van der Waals surface area contributed by atoms with E-state index in [1.165, 1.54) is 7.11 Å². The number of carboxylic acids is 1. The molecule has 1 N–H and O–H groups in total. The first-order valence-corrected chi connectivity index (χ1v) is 12.5. The second-order valence-corrected chi connectivity index (χ2v) is 9.62. The Kier molecular flexibility index (Phi) is 6.16. The highest BCUT2D eigenvalue weighted by Gasteiger charge is 2.53. The molecule has 0 spiro atoms. The molecule has 3 aromatic rings. The van der Waals surface area contributed by atoms with Crippen LogP contribution in [0.1, 0.15) is 40.8 Å². The molecule has 1 fully saturated rings. The van der Waals surface area contributed by atoms with Crippen molar-refractivity contribution in [2.45, 2.75) is 24.8 Å². The summed E-state index contributed by atoms with van der Waals surface area (Å²) in [6, 6.07) is 7.12. The summed E-state index contributed by atoms with van der Waals surface area (Å²) >= 11 is 0. The number of aliphatic carboxylic acids is 1. The van der Waals surface area contributed by atoms with Gasteiger partial charge < -0.3 is 33.5 Å². The number of ether oxygens (including phenoxy) is 6. The van der Waals surface area contributed by atoms with Crippen LogP contribution in [0, 0.1) is 11.8 Å². The highest BCUT2D eigenvalue weighted by Crippen LogP contribution is 2.56. The number of rotatable bonds is 8. The number of hydrogen-bond acceptors (Lipinski definition) is 10. The molecule has 0 radical (unpaired) electrons. The number of hydrogen-bond donors (Lipinski definition) is 1. The third kappa shape index (κ3) is 4.06. The van der Waals surface area contributed by atoms with E-state index >= 15 is 0 Å². The zero-order valence-electron chi connectivity index (χ0n) is 21.6. The van der Waals surface area contributed by atoms with Crippen molar-refractivity contribution in [1.82, 2.24) is 15.0 Å². The van der Waals surface area contributed by atoms with Crippen molar-refractivity contribution in [2.75, 3.05) is 34.7 Å². The topological polar surface area (TPSA) is 140 Å². The average molecular weight is 538 g/mol. The van der Waals surface area contributed by atoms with Crippen LogP contribution in [0.2, 0.25) is 0 Å². The third-order valence-corrected chi connectivity index (χ3v) is 7.63. The number of esters is 1. The predicted molar refractivity (Wildman–Crippen MR) is 133 cm³/mol. The number of benzene rings is 2. The minimum Gasteiger partial charge on any atom is -0.493 e. The molecule has 1 saturated heterocycles. The fourth-order valence-electron chi connectivity index (χ4n) is 5.95. The van der Waals surface area contributed by atoms with Gasteiger partial charge in [0.1, 0.15) is 0 Å². The van der Waals surface area contributed by atoms with E-state index in [1.807, 2.05) is 24.3 Å². The van der Waals surface area contributed by atoms with Gasteiger partial charge in [0.05, 0.1) is 52.0 Å². The molecule has 4 atom stereocenters. The number of aryl methyl sites for hydroxylation is 1. The van der Waals surface area contributed by atoms with Crippen molar-refractivity contribution >= 4 is 11.9 Å². The van der Waals surface area contributed by atoms with Gasteiger partial charge in [0.2, 0.25) is 12.5 Å². The summed E-state index contributed by atoms with van der Waals surface area (Å²) in [5.41, 5.74) is 3.07. The van der Waals surface area contributed by atoms with E-state index in [9.17, 15) is 9.59 Å². The Balaban J connectivity index is 1.53. The van der Waals surface area contributed by atoms with Gasteiger partial charge in [-0.1, -0.05) is 5.21 Å². The van der Waals surface area contributed by atoms with E-state index in [0.29, 0.717) is 34.4 Å². The van der Waals surface area contributed by atoms with Crippen LogP contribution < -0.4 is 23.7 Å².